The summed E-state index contributed by atoms with van der Waals surface area (Å²) >= 11 is 0. The van der Waals surface area contributed by atoms with E-state index in [1.54, 1.807) is 6.07 Å². The van der Waals surface area contributed by atoms with Crippen molar-refractivity contribution in [3.63, 3.8) is 0 Å². The average Bonchev–Trinajstić information content (AvgIpc) is 3.29. The molecular weight excluding hydrogens is 487 g/mol. The van der Waals surface area contributed by atoms with Crippen LogP contribution in [0.4, 0.5) is 20.7 Å². The lowest BCUT2D eigenvalue weighted by Gasteiger charge is -2.27. The molecule has 1 aliphatic rings. The highest BCUT2D eigenvalue weighted by atomic mass is 32.2. The first-order valence-electron chi connectivity index (χ1n) is 11.3. The molecule has 0 saturated heterocycles. The molecule has 2 amide bonds. The van der Waals surface area contributed by atoms with Gasteiger partial charge in [0.05, 0.1) is 17.6 Å². The number of carbonyl (C=O) groups is 1. The highest BCUT2D eigenvalue weighted by Gasteiger charge is 2.28. The van der Waals surface area contributed by atoms with E-state index in [2.05, 4.69) is 15.1 Å². The largest absolute Gasteiger partial charge is 0.451 e. The topological polar surface area (TPSA) is 126 Å². The van der Waals surface area contributed by atoms with Crippen LogP contribution in [0.3, 0.4) is 0 Å². The minimum atomic E-state index is -4.41. The van der Waals surface area contributed by atoms with Crippen LogP contribution in [0.25, 0.3) is 16.0 Å². The molecule has 3 N–H and O–H groups in total. The Bertz CT molecular complexity index is 1450. The van der Waals surface area contributed by atoms with Crippen LogP contribution in [0, 0.1) is 18.3 Å². The van der Waals surface area contributed by atoms with E-state index in [9.17, 15) is 22.7 Å². The highest BCUT2D eigenvalue weighted by Crippen LogP contribution is 2.38. The number of amides is 2. The Balaban J connectivity index is 1.68. The second kappa shape index (κ2) is 9.72. The van der Waals surface area contributed by atoms with E-state index in [0.29, 0.717) is 29.0 Å². The van der Waals surface area contributed by atoms with Crippen molar-refractivity contribution in [3.8, 4) is 11.1 Å². The number of aliphatic hydroxyl groups is 1. The quantitative estimate of drug-likeness (QED) is 0.378. The van der Waals surface area contributed by atoms with Gasteiger partial charge >= 0.3 is 6.03 Å². The van der Waals surface area contributed by atoms with Gasteiger partial charge in [0.25, 0.3) is 15.8 Å². The van der Waals surface area contributed by atoms with Crippen molar-refractivity contribution in [1.29, 1.82) is 0 Å². The van der Waals surface area contributed by atoms with Gasteiger partial charge in [-0.05, 0) is 61.6 Å². The van der Waals surface area contributed by atoms with Gasteiger partial charge < -0.3 is 19.7 Å². The summed E-state index contributed by atoms with van der Waals surface area (Å²) < 4.78 is 47.1. The summed E-state index contributed by atoms with van der Waals surface area (Å²) in [6, 6.07) is 5.65. The smallest absolute Gasteiger partial charge is 0.333 e. The molecule has 9 nitrogen and oxygen atoms in total. The number of rotatable bonds is 7. The van der Waals surface area contributed by atoms with Crippen molar-refractivity contribution in [2.45, 2.75) is 50.2 Å². The number of furan rings is 1. The molecule has 3 aromatic rings. The van der Waals surface area contributed by atoms with Crippen LogP contribution in [-0.4, -0.2) is 24.5 Å². The second-order valence-electron chi connectivity index (χ2n) is 9.28. The fourth-order valence-corrected chi connectivity index (χ4v) is 4.80. The molecule has 188 valence electrons. The van der Waals surface area contributed by atoms with Gasteiger partial charge in [0.15, 0.2) is 0 Å². The Morgan fingerprint density at radius 2 is 2.06 bits per heavy atom. The van der Waals surface area contributed by atoms with Gasteiger partial charge in [-0.1, -0.05) is 25.8 Å². The molecule has 0 bridgehead atoms. The molecule has 0 aliphatic heterocycles. The molecule has 1 aromatic carbocycles. The summed E-state index contributed by atoms with van der Waals surface area (Å²) in [4.78, 5) is 20.1. The number of halogens is 1. The number of carbonyl (C=O) groups excluding carboxylic acids is 1. The van der Waals surface area contributed by atoms with Gasteiger partial charge in [-0.15, -0.1) is 4.98 Å². The summed E-state index contributed by atoms with van der Waals surface area (Å²) in [7, 11) is -4.41. The second-order valence-corrected chi connectivity index (χ2v) is 10.9. The number of benzene rings is 1. The minimum absolute atomic E-state index is 0.0933. The zero-order valence-electron chi connectivity index (χ0n) is 19.7. The lowest BCUT2D eigenvalue weighted by molar-refractivity contribution is 0.0779. The molecule has 1 aliphatic carbocycles. The Hall–Kier alpha value is -3.75. The van der Waals surface area contributed by atoms with Crippen molar-refractivity contribution in [3.05, 3.63) is 71.2 Å². The molecule has 1 saturated carbocycles. The van der Waals surface area contributed by atoms with Gasteiger partial charge in [-0.25, -0.2) is 13.9 Å². The summed E-state index contributed by atoms with van der Waals surface area (Å²) in [6.45, 7) is 10.1. The van der Waals surface area contributed by atoms with Crippen LogP contribution >= 0.6 is 0 Å². The summed E-state index contributed by atoms with van der Waals surface area (Å²) in [5.74, 6) is -0.101. The van der Waals surface area contributed by atoms with Crippen molar-refractivity contribution in [1.82, 2.24) is 9.71 Å². The number of aromatic nitrogens is 1. The Morgan fingerprint density at radius 3 is 2.67 bits per heavy atom. The minimum Gasteiger partial charge on any atom is -0.451 e. The van der Waals surface area contributed by atoms with E-state index in [1.807, 2.05) is 4.72 Å². The first kappa shape index (κ1) is 25.3. The van der Waals surface area contributed by atoms with Gasteiger partial charge in [0.1, 0.15) is 12.0 Å². The molecule has 11 heteroatoms. The van der Waals surface area contributed by atoms with E-state index in [0.717, 1.165) is 31.6 Å². The molecule has 36 heavy (non-hydrogen) atoms. The van der Waals surface area contributed by atoms with E-state index < -0.39 is 32.6 Å². The van der Waals surface area contributed by atoms with E-state index in [1.165, 1.54) is 38.2 Å². The summed E-state index contributed by atoms with van der Waals surface area (Å²) in [6.07, 6.45) is 6.03. The maximum Gasteiger partial charge on any atom is 0.333 e. The third-order valence-electron chi connectivity index (χ3n) is 6.10. The summed E-state index contributed by atoms with van der Waals surface area (Å²) in [5.41, 5.74) is 0.393. The summed E-state index contributed by atoms with van der Waals surface area (Å²) in [5, 5.41) is 12.1. The Morgan fingerprint density at radius 1 is 1.31 bits per heavy atom. The lowest BCUT2D eigenvalue weighted by atomic mass is 9.80. The predicted octanol–water partition coefficient (Wildman–Crippen LogP) is 5.11. The van der Waals surface area contributed by atoms with Crippen LogP contribution in [0.5, 0.6) is 0 Å². The van der Waals surface area contributed by atoms with E-state index >= 15 is 0 Å². The van der Waals surface area contributed by atoms with Gasteiger partial charge in [0.2, 0.25) is 5.09 Å². The van der Waals surface area contributed by atoms with Crippen molar-refractivity contribution >= 4 is 27.6 Å². The Kier molecular flexibility index (Phi) is 6.84. The number of sulfonamides is 1. The van der Waals surface area contributed by atoms with Gasteiger partial charge in [0, 0.05) is 17.2 Å². The molecule has 0 unspecified atom stereocenters. The average molecular weight is 513 g/mol. The van der Waals surface area contributed by atoms with Crippen molar-refractivity contribution < 1.29 is 27.1 Å². The number of hydrogen-bond acceptors (Lipinski definition) is 6. The standard InChI is InChI=1S/C25H25FN4O5S/c1-25(2,32)18-12-22(35-14-18)36(33,34)30-24(31)29-23-17(9-15-5-4-6-15)10-19(26)13-20(23)16-7-8-28-21(11-16)27-3/h7-8,10-15,32H,4-6,9H2,1-2H3,(H2,29,30,31). The van der Waals surface area contributed by atoms with Gasteiger partial charge in [-0.2, -0.15) is 8.42 Å². The third-order valence-corrected chi connectivity index (χ3v) is 7.30. The number of urea groups is 1. The van der Waals surface area contributed by atoms with Crippen LogP contribution < -0.4 is 10.0 Å². The number of hydrogen-bond donors (Lipinski definition) is 3. The van der Waals surface area contributed by atoms with Crippen LogP contribution in [0.2, 0.25) is 0 Å². The molecule has 4 rings (SSSR count). The first-order valence-corrected chi connectivity index (χ1v) is 12.8. The molecule has 0 spiro atoms. The van der Waals surface area contributed by atoms with Crippen molar-refractivity contribution in [2.75, 3.05) is 5.32 Å². The predicted molar refractivity (Wildman–Crippen MR) is 130 cm³/mol. The van der Waals surface area contributed by atoms with Crippen LogP contribution in [0.1, 0.15) is 44.2 Å². The maximum absolute atomic E-state index is 14.6. The maximum atomic E-state index is 14.6. The van der Waals surface area contributed by atoms with Crippen molar-refractivity contribution in [2.24, 2.45) is 5.92 Å². The van der Waals surface area contributed by atoms with E-state index in [4.69, 9.17) is 11.0 Å². The third kappa shape index (κ3) is 5.56. The number of pyridine rings is 1. The first-order chi connectivity index (χ1) is 17.0. The Labute approximate surface area is 208 Å². The molecule has 2 heterocycles. The van der Waals surface area contributed by atoms with E-state index in [-0.39, 0.29) is 17.1 Å². The monoisotopic (exact) mass is 512 g/mol. The highest BCUT2D eigenvalue weighted by molar-refractivity contribution is 7.89. The number of nitrogens with zero attached hydrogens (tertiary/aromatic N) is 2. The van der Waals surface area contributed by atoms with Gasteiger partial charge in [-0.3, -0.25) is 0 Å². The number of anilines is 1. The molecule has 0 atom stereocenters. The molecule has 2 aromatic heterocycles. The molecular formula is C25H25FN4O5S. The number of nitrogens with one attached hydrogen (secondary N) is 2. The fraction of sp³-hybridized carbons (Fsp3) is 0.320. The van der Waals surface area contributed by atoms with Crippen LogP contribution in [-0.2, 0) is 22.0 Å². The van der Waals surface area contributed by atoms with Crippen LogP contribution in [0.15, 0.2) is 52.3 Å². The SMILES string of the molecule is [C-]#[N+]c1cc(-c2cc(F)cc(CC3CCC3)c2NC(=O)NS(=O)(=O)c2cc(C(C)(C)O)co2)ccn1. The molecule has 0 radical (unpaired) electrons. The fourth-order valence-electron chi connectivity index (χ4n) is 3.94. The normalized spacial score (nSPS) is 14.1. The molecule has 1 fully saturated rings. The zero-order chi connectivity index (χ0) is 26.1. The lowest BCUT2D eigenvalue weighted by Crippen LogP contribution is -2.34. The zero-order valence-corrected chi connectivity index (χ0v) is 20.5.